The Morgan fingerprint density at radius 2 is 2.10 bits per heavy atom. The number of amides is 1. The van der Waals surface area contributed by atoms with Crippen LogP contribution in [-0.2, 0) is 4.79 Å². The van der Waals surface area contributed by atoms with Crippen molar-refractivity contribution in [1.29, 1.82) is 0 Å². The van der Waals surface area contributed by atoms with Gasteiger partial charge in [-0.15, -0.1) is 0 Å². The number of carbonyl (C=O) groups is 1. The average Bonchev–Trinajstić information content (AvgIpc) is 2.43. The summed E-state index contributed by atoms with van der Waals surface area (Å²) < 4.78 is 6.91. The van der Waals surface area contributed by atoms with E-state index in [1.54, 1.807) is 0 Å². The van der Waals surface area contributed by atoms with Gasteiger partial charge in [0.15, 0.2) is 0 Å². The van der Waals surface area contributed by atoms with Crippen LogP contribution in [0, 0.1) is 0 Å². The van der Waals surface area contributed by atoms with Crippen molar-refractivity contribution in [2.75, 3.05) is 6.61 Å². The van der Waals surface area contributed by atoms with Gasteiger partial charge in [0.1, 0.15) is 5.75 Å². The monoisotopic (exact) mass is 342 g/mol. The van der Waals surface area contributed by atoms with Gasteiger partial charge in [0.2, 0.25) is 5.91 Å². The number of ether oxygens (including phenoxy) is 1. The molecule has 5 heteroatoms. The SMILES string of the molecule is CC(C)c1cc(Br)ccc1OCCCCCC(=O)NN. The summed E-state index contributed by atoms with van der Waals surface area (Å²) in [4.78, 5) is 10.9. The van der Waals surface area contributed by atoms with E-state index in [-0.39, 0.29) is 5.91 Å². The smallest absolute Gasteiger partial charge is 0.233 e. The molecule has 0 radical (unpaired) electrons. The van der Waals surface area contributed by atoms with Gasteiger partial charge in [-0.25, -0.2) is 5.84 Å². The fraction of sp³-hybridized carbons (Fsp3) is 0.533. The Morgan fingerprint density at radius 3 is 2.75 bits per heavy atom. The van der Waals surface area contributed by atoms with Gasteiger partial charge in [0.05, 0.1) is 6.61 Å². The van der Waals surface area contributed by atoms with Crippen molar-refractivity contribution in [1.82, 2.24) is 5.43 Å². The lowest BCUT2D eigenvalue weighted by Gasteiger charge is -2.14. The molecule has 1 aromatic carbocycles. The summed E-state index contributed by atoms with van der Waals surface area (Å²) in [5.41, 5.74) is 3.34. The second-order valence-electron chi connectivity index (χ2n) is 5.06. The van der Waals surface area contributed by atoms with Gasteiger partial charge in [0.25, 0.3) is 0 Å². The first-order valence-corrected chi connectivity index (χ1v) is 7.75. The molecule has 0 heterocycles. The van der Waals surface area contributed by atoms with Crippen LogP contribution in [0.2, 0.25) is 0 Å². The van der Waals surface area contributed by atoms with Crippen LogP contribution in [0.15, 0.2) is 22.7 Å². The van der Waals surface area contributed by atoms with Crippen molar-refractivity contribution in [2.45, 2.75) is 45.4 Å². The highest BCUT2D eigenvalue weighted by Gasteiger charge is 2.08. The molecule has 0 saturated carbocycles. The third-order valence-electron chi connectivity index (χ3n) is 3.06. The maximum atomic E-state index is 10.9. The van der Waals surface area contributed by atoms with Crippen molar-refractivity contribution < 1.29 is 9.53 Å². The Labute approximate surface area is 129 Å². The summed E-state index contributed by atoms with van der Waals surface area (Å²) in [6.07, 6.45) is 3.21. The zero-order valence-electron chi connectivity index (χ0n) is 12.1. The summed E-state index contributed by atoms with van der Waals surface area (Å²) >= 11 is 3.48. The minimum absolute atomic E-state index is 0.110. The molecular formula is C15H23BrN2O2. The Hall–Kier alpha value is -1.07. The van der Waals surface area contributed by atoms with Crippen molar-refractivity contribution in [2.24, 2.45) is 5.84 Å². The number of unbranched alkanes of at least 4 members (excludes halogenated alkanes) is 2. The second kappa shape index (κ2) is 8.97. The Bertz CT molecular complexity index is 436. The topological polar surface area (TPSA) is 64.3 Å². The molecule has 1 rings (SSSR count). The molecule has 0 aliphatic rings. The zero-order valence-corrected chi connectivity index (χ0v) is 13.7. The number of carbonyl (C=O) groups excluding carboxylic acids is 1. The maximum absolute atomic E-state index is 10.9. The normalized spacial score (nSPS) is 10.7. The average molecular weight is 343 g/mol. The van der Waals surface area contributed by atoms with Gasteiger partial charge < -0.3 is 4.74 Å². The Morgan fingerprint density at radius 1 is 1.35 bits per heavy atom. The van der Waals surface area contributed by atoms with E-state index in [0.717, 1.165) is 29.5 Å². The second-order valence-corrected chi connectivity index (χ2v) is 5.98. The van der Waals surface area contributed by atoms with Crippen molar-refractivity contribution in [3.63, 3.8) is 0 Å². The fourth-order valence-electron chi connectivity index (χ4n) is 1.92. The quantitative estimate of drug-likeness (QED) is 0.329. The van der Waals surface area contributed by atoms with E-state index in [4.69, 9.17) is 10.6 Å². The van der Waals surface area contributed by atoms with Crippen LogP contribution in [-0.4, -0.2) is 12.5 Å². The first kappa shape index (κ1) is 17.0. The van der Waals surface area contributed by atoms with E-state index in [0.29, 0.717) is 18.9 Å². The number of nitrogens with two attached hydrogens (primary N) is 1. The van der Waals surface area contributed by atoms with E-state index in [2.05, 4.69) is 41.3 Å². The molecule has 1 aromatic rings. The lowest BCUT2D eigenvalue weighted by molar-refractivity contribution is -0.121. The van der Waals surface area contributed by atoms with Gasteiger partial charge in [-0.1, -0.05) is 29.8 Å². The molecule has 0 saturated heterocycles. The summed E-state index contributed by atoms with van der Waals surface area (Å²) in [6.45, 7) is 4.98. The zero-order chi connectivity index (χ0) is 15.0. The first-order valence-electron chi connectivity index (χ1n) is 6.96. The van der Waals surface area contributed by atoms with Gasteiger partial charge in [-0.05, 0) is 48.9 Å². The van der Waals surface area contributed by atoms with Crippen LogP contribution in [0.25, 0.3) is 0 Å². The first-order chi connectivity index (χ1) is 9.54. The molecule has 0 aliphatic carbocycles. The number of rotatable bonds is 8. The molecule has 0 aromatic heterocycles. The number of hydrogen-bond acceptors (Lipinski definition) is 3. The molecule has 112 valence electrons. The van der Waals surface area contributed by atoms with Crippen LogP contribution in [0.5, 0.6) is 5.75 Å². The molecule has 0 unspecified atom stereocenters. The number of hydrogen-bond donors (Lipinski definition) is 2. The van der Waals surface area contributed by atoms with Crippen LogP contribution in [0.1, 0.15) is 51.0 Å². The minimum Gasteiger partial charge on any atom is -0.493 e. The van der Waals surface area contributed by atoms with Crippen molar-refractivity contribution in [3.8, 4) is 5.75 Å². The highest BCUT2D eigenvalue weighted by atomic mass is 79.9. The molecule has 20 heavy (non-hydrogen) atoms. The van der Waals surface area contributed by atoms with Crippen LogP contribution in [0.3, 0.4) is 0 Å². The molecule has 0 aliphatic heterocycles. The summed E-state index contributed by atoms with van der Waals surface area (Å²) in [5, 5.41) is 0. The van der Waals surface area contributed by atoms with Crippen molar-refractivity contribution in [3.05, 3.63) is 28.2 Å². The van der Waals surface area contributed by atoms with E-state index < -0.39 is 0 Å². The Balaban J connectivity index is 2.33. The largest absolute Gasteiger partial charge is 0.493 e. The van der Waals surface area contributed by atoms with Crippen LogP contribution in [0.4, 0.5) is 0 Å². The molecule has 4 nitrogen and oxygen atoms in total. The number of hydrazine groups is 1. The molecule has 1 amide bonds. The van der Waals surface area contributed by atoms with Gasteiger partial charge in [0, 0.05) is 10.9 Å². The third kappa shape index (κ3) is 5.92. The van der Waals surface area contributed by atoms with Gasteiger partial charge >= 0.3 is 0 Å². The molecule has 0 atom stereocenters. The van der Waals surface area contributed by atoms with Crippen LogP contribution >= 0.6 is 15.9 Å². The van der Waals surface area contributed by atoms with E-state index in [1.165, 1.54) is 5.56 Å². The highest BCUT2D eigenvalue weighted by Crippen LogP contribution is 2.29. The lowest BCUT2D eigenvalue weighted by Crippen LogP contribution is -2.29. The lowest BCUT2D eigenvalue weighted by atomic mass is 10.0. The molecule has 0 fully saturated rings. The standard InChI is InChI=1S/C15H23BrN2O2/c1-11(2)13-10-12(16)7-8-14(13)20-9-5-3-4-6-15(19)18-17/h7-8,10-11H,3-6,9,17H2,1-2H3,(H,18,19). The van der Waals surface area contributed by atoms with Gasteiger partial charge in [-0.3, -0.25) is 10.2 Å². The summed E-state index contributed by atoms with van der Waals surface area (Å²) in [7, 11) is 0. The third-order valence-corrected chi connectivity index (χ3v) is 3.55. The summed E-state index contributed by atoms with van der Waals surface area (Å²) in [6, 6.07) is 6.10. The van der Waals surface area contributed by atoms with Gasteiger partial charge in [-0.2, -0.15) is 0 Å². The molecule has 0 bridgehead atoms. The van der Waals surface area contributed by atoms with Crippen molar-refractivity contribution >= 4 is 21.8 Å². The highest BCUT2D eigenvalue weighted by molar-refractivity contribution is 9.10. The van der Waals surface area contributed by atoms with E-state index in [9.17, 15) is 4.79 Å². The Kier molecular flexibility index (Phi) is 7.62. The number of nitrogens with one attached hydrogen (secondary N) is 1. The van der Waals surface area contributed by atoms with Crippen LogP contribution < -0.4 is 16.0 Å². The predicted octanol–water partition coefficient (Wildman–Crippen LogP) is 3.50. The number of halogens is 1. The predicted molar refractivity (Wildman–Crippen MR) is 84.5 cm³/mol. The molecular weight excluding hydrogens is 320 g/mol. The maximum Gasteiger partial charge on any atom is 0.233 e. The van der Waals surface area contributed by atoms with E-state index in [1.807, 2.05) is 12.1 Å². The number of benzene rings is 1. The minimum atomic E-state index is -0.110. The fourth-order valence-corrected chi connectivity index (χ4v) is 2.30. The molecule has 0 spiro atoms. The van der Waals surface area contributed by atoms with E-state index >= 15 is 0 Å². The molecule has 3 N–H and O–H groups in total. The summed E-state index contributed by atoms with van der Waals surface area (Å²) in [5.74, 6) is 6.28.